The highest BCUT2D eigenvalue weighted by molar-refractivity contribution is 6.31. The van der Waals surface area contributed by atoms with Gasteiger partial charge < -0.3 is 10.1 Å². The summed E-state index contributed by atoms with van der Waals surface area (Å²) in [7, 11) is 0. The number of anilines is 1. The van der Waals surface area contributed by atoms with Crippen molar-refractivity contribution in [3.8, 4) is 0 Å². The van der Waals surface area contributed by atoms with E-state index in [1.165, 1.54) is 6.92 Å². The minimum Gasteiger partial charge on any atom is -0.449 e. The van der Waals surface area contributed by atoms with Crippen LogP contribution in [0.25, 0.3) is 10.9 Å². The van der Waals surface area contributed by atoms with Gasteiger partial charge in [0.2, 0.25) is 0 Å². The van der Waals surface area contributed by atoms with Gasteiger partial charge in [0, 0.05) is 21.8 Å². The zero-order valence-electron chi connectivity index (χ0n) is 15.2. The van der Waals surface area contributed by atoms with Gasteiger partial charge >= 0.3 is 5.97 Å². The molecule has 3 aromatic rings. The number of hydrogen-bond acceptors (Lipinski definition) is 4. The average molecular weight is 383 g/mol. The molecule has 0 aliphatic carbocycles. The molecule has 0 aliphatic heterocycles. The standard InChI is InChI=1S/C21H19ClN2O3/c1-12-8-9-15(22)11-19(12)24-20(25)14(3)27-21(26)17-10-13(2)23-18-7-5-4-6-16(17)18/h4-11,14H,1-3H3,(H,24,25)/t14-/m1/s1. The number of fused-ring (bicyclic) bond motifs is 1. The van der Waals surface area contributed by atoms with Crippen molar-refractivity contribution in [3.05, 3.63) is 70.4 Å². The smallest absolute Gasteiger partial charge is 0.339 e. The van der Waals surface area contributed by atoms with E-state index in [2.05, 4.69) is 10.3 Å². The molecule has 0 saturated carbocycles. The molecule has 27 heavy (non-hydrogen) atoms. The second-order valence-corrected chi connectivity index (χ2v) is 6.76. The Morgan fingerprint density at radius 2 is 1.85 bits per heavy atom. The maximum absolute atomic E-state index is 12.6. The van der Waals surface area contributed by atoms with E-state index >= 15 is 0 Å². The molecule has 1 amide bonds. The van der Waals surface area contributed by atoms with Gasteiger partial charge in [0.1, 0.15) is 0 Å². The number of amides is 1. The van der Waals surface area contributed by atoms with Crippen molar-refractivity contribution in [2.45, 2.75) is 26.9 Å². The summed E-state index contributed by atoms with van der Waals surface area (Å²) >= 11 is 5.97. The third kappa shape index (κ3) is 4.26. The minimum atomic E-state index is -0.969. The van der Waals surface area contributed by atoms with Crippen LogP contribution in [0.15, 0.2) is 48.5 Å². The fourth-order valence-electron chi connectivity index (χ4n) is 2.72. The predicted octanol–water partition coefficient (Wildman–Crippen LogP) is 4.69. The number of aryl methyl sites for hydroxylation is 2. The summed E-state index contributed by atoms with van der Waals surface area (Å²) in [6.07, 6.45) is -0.969. The third-order valence-electron chi connectivity index (χ3n) is 4.17. The number of ether oxygens (including phenoxy) is 1. The molecular weight excluding hydrogens is 364 g/mol. The van der Waals surface area contributed by atoms with Crippen LogP contribution in [-0.2, 0) is 9.53 Å². The molecule has 1 N–H and O–H groups in total. The molecule has 0 spiro atoms. The summed E-state index contributed by atoms with van der Waals surface area (Å²) in [5.74, 6) is -0.994. The van der Waals surface area contributed by atoms with Gasteiger partial charge in [-0.1, -0.05) is 35.9 Å². The van der Waals surface area contributed by atoms with Crippen LogP contribution < -0.4 is 5.32 Å². The Kier molecular flexibility index (Phi) is 5.42. The molecule has 3 rings (SSSR count). The first-order valence-corrected chi connectivity index (χ1v) is 8.87. The first-order chi connectivity index (χ1) is 12.8. The van der Waals surface area contributed by atoms with Gasteiger partial charge in [-0.3, -0.25) is 9.78 Å². The van der Waals surface area contributed by atoms with Crippen LogP contribution in [0.1, 0.15) is 28.5 Å². The maximum atomic E-state index is 12.6. The molecule has 1 atom stereocenters. The van der Waals surface area contributed by atoms with Gasteiger partial charge in [0.25, 0.3) is 5.91 Å². The quantitative estimate of drug-likeness (QED) is 0.664. The van der Waals surface area contributed by atoms with Crippen LogP contribution in [0.3, 0.4) is 0 Å². The highest BCUT2D eigenvalue weighted by Gasteiger charge is 2.21. The first kappa shape index (κ1) is 18.9. The summed E-state index contributed by atoms with van der Waals surface area (Å²) in [6.45, 7) is 5.19. The second-order valence-electron chi connectivity index (χ2n) is 6.32. The molecule has 5 nitrogen and oxygen atoms in total. The summed E-state index contributed by atoms with van der Waals surface area (Å²) < 4.78 is 5.39. The van der Waals surface area contributed by atoms with E-state index in [-0.39, 0.29) is 0 Å². The summed E-state index contributed by atoms with van der Waals surface area (Å²) in [5.41, 5.74) is 3.24. The Labute approximate surface area is 162 Å². The lowest BCUT2D eigenvalue weighted by molar-refractivity contribution is -0.123. The first-order valence-electron chi connectivity index (χ1n) is 8.49. The van der Waals surface area contributed by atoms with Crippen molar-refractivity contribution in [3.63, 3.8) is 0 Å². The lowest BCUT2D eigenvalue weighted by atomic mass is 10.1. The lowest BCUT2D eigenvalue weighted by Crippen LogP contribution is -2.30. The van der Waals surface area contributed by atoms with Crippen molar-refractivity contribution in [2.75, 3.05) is 5.32 Å². The maximum Gasteiger partial charge on any atom is 0.339 e. The van der Waals surface area contributed by atoms with E-state index in [1.54, 1.807) is 37.3 Å². The van der Waals surface area contributed by atoms with Crippen molar-refractivity contribution in [1.82, 2.24) is 4.98 Å². The molecule has 0 unspecified atom stereocenters. The van der Waals surface area contributed by atoms with E-state index < -0.39 is 18.0 Å². The topological polar surface area (TPSA) is 68.3 Å². The van der Waals surface area contributed by atoms with E-state index in [9.17, 15) is 9.59 Å². The average Bonchev–Trinajstić information content (AvgIpc) is 2.63. The van der Waals surface area contributed by atoms with Crippen LogP contribution in [0, 0.1) is 13.8 Å². The molecule has 2 aromatic carbocycles. The summed E-state index contributed by atoms with van der Waals surface area (Å²) in [5, 5.41) is 3.94. The second kappa shape index (κ2) is 7.76. The van der Waals surface area contributed by atoms with Crippen molar-refractivity contribution in [1.29, 1.82) is 0 Å². The normalized spacial score (nSPS) is 11.9. The number of rotatable bonds is 4. The van der Waals surface area contributed by atoms with Crippen LogP contribution in [0.4, 0.5) is 5.69 Å². The molecule has 0 fully saturated rings. The molecule has 0 aliphatic rings. The number of pyridine rings is 1. The van der Waals surface area contributed by atoms with Gasteiger partial charge in [-0.15, -0.1) is 0 Å². The largest absolute Gasteiger partial charge is 0.449 e. The van der Waals surface area contributed by atoms with E-state index in [1.807, 2.05) is 25.1 Å². The molecule has 0 saturated heterocycles. The van der Waals surface area contributed by atoms with Crippen LogP contribution >= 0.6 is 11.6 Å². The van der Waals surface area contributed by atoms with Gasteiger partial charge in [-0.25, -0.2) is 4.79 Å². The number of para-hydroxylation sites is 1. The van der Waals surface area contributed by atoms with Gasteiger partial charge in [0.05, 0.1) is 11.1 Å². The molecule has 0 bridgehead atoms. The number of esters is 1. The van der Waals surface area contributed by atoms with Crippen molar-refractivity contribution >= 4 is 40.1 Å². The van der Waals surface area contributed by atoms with E-state index in [4.69, 9.17) is 16.3 Å². The number of aromatic nitrogens is 1. The molecule has 0 radical (unpaired) electrons. The number of benzene rings is 2. The van der Waals surface area contributed by atoms with E-state index in [0.717, 1.165) is 5.56 Å². The molecule has 6 heteroatoms. The molecule has 1 heterocycles. The number of nitrogens with zero attached hydrogens (tertiary/aromatic N) is 1. The minimum absolute atomic E-state index is 0.386. The SMILES string of the molecule is Cc1cc(C(=O)O[C@H](C)C(=O)Nc2cc(Cl)ccc2C)c2ccccc2n1. The Balaban J connectivity index is 1.78. The fraction of sp³-hybridized carbons (Fsp3) is 0.190. The Bertz CT molecular complexity index is 1030. The van der Waals surface area contributed by atoms with Crippen LogP contribution in [0.5, 0.6) is 0 Å². The number of nitrogens with one attached hydrogen (secondary N) is 1. The van der Waals surface area contributed by atoms with Crippen molar-refractivity contribution in [2.24, 2.45) is 0 Å². The summed E-state index contributed by atoms with van der Waals surface area (Å²) in [6, 6.07) is 14.2. The molecule has 138 valence electrons. The number of halogens is 1. The van der Waals surface area contributed by atoms with Crippen LogP contribution in [0.2, 0.25) is 5.02 Å². The highest BCUT2D eigenvalue weighted by Crippen LogP contribution is 2.22. The summed E-state index contributed by atoms with van der Waals surface area (Å²) in [4.78, 5) is 29.5. The zero-order chi connectivity index (χ0) is 19.6. The Morgan fingerprint density at radius 1 is 1.11 bits per heavy atom. The van der Waals surface area contributed by atoms with Gasteiger partial charge in [-0.2, -0.15) is 0 Å². The third-order valence-corrected chi connectivity index (χ3v) is 4.41. The molecular formula is C21H19ClN2O3. The Morgan fingerprint density at radius 3 is 2.63 bits per heavy atom. The predicted molar refractivity (Wildman–Crippen MR) is 106 cm³/mol. The van der Waals surface area contributed by atoms with Crippen LogP contribution in [-0.4, -0.2) is 23.0 Å². The van der Waals surface area contributed by atoms with Gasteiger partial charge in [-0.05, 0) is 50.6 Å². The van der Waals surface area contributed by atoms with E-state index in [0.29, 0.717) is 32.9 Å². The highest BCUT2D eigenvalue weighted by atomic mass is 35.5. The molecule has 1 aromatic heterocycles. The number of carbonyl (C=O) groups is 2. The zero-order valence-corrected chi connectivity index (χ0v) is 16.0. The number of hydrogen-bond donors (Lipinski definition) is 1. The lowest BCUT2D eigenvalue weighted by Gasteiger charge is -2.16. The van der Waals surface area contributed by atoms with Gasteiger partial charge in [0.15, 0.2) is 6.10 Å². The number of carbonyl (C=O) groups excluding carboxylic acids is 2. The Hall–Kier alpha value is -2.92. The monoisotopic (exact) mass is 382 g/mol. The fourth-order valence-corrected chi connectivity index (χ4v) is 2.89. The van der Waals surface area contributed by atoms with Crippen molar-refractivity contribution < 1.29 is 14.3 Å².